The van der Waals surface area contributed by atoms with Gasteiger partial charge in [-0.15, -0.1) is 0 Å². The monoisotopic (exact) mass is 337 g/mol. The molecular weight excluding hydrogens is 332 g/mol. The van der Waals surface area contributed by atoms with E-state index >= 15 is 0 Å². The zero-order chi connectivity index (χ0) is 17.3. The van der Waals surface area contributed by atoms with Crippen molar-refractivity contribution in [2.45, 2.75) is 12.4 Å². The second-order valence-electron chi connectivity index (χ2n) is 4.02. The Morgan fingerprint density at radius 3 is 1.48 bits per heavy atom. The van der Waals surface area contributed by atoms with E-state index in [0.29, 0.717) is 12.4 Å². The lowest BCUT2D eigenvalue weighted by Crippen LogP contribution is -2.17. The van der Waals surface area contributed by atoms with E-state index in [1.54, 1.807) is 0 Å². The molecule has 2 aromatic rings. The number of halogens is 6. The Labute approximate surface area is 123 Å². The molecule has 23 heavy (non-hydrogen) atoms. The summed E-state index contributed by atoms with van der Waals surface area (Å²) in [5, 5.41) is 11.6. The van der Waals surface area contributed by atoms with E-state index in [4.69, 9.17) is 5.21 Å². The third-order valence-electron chi connectivity index (χ3n) is 2.44. The summed E-state index contributed by atoms with van der Waals surface area (Å²) in [6, 6.07) is 0. The van der Waals surface area contributed by atoms with E-state index in [1.807, 2.05) is 0 Å². The topological polar surface area (TPSA) is 84.2 Å². The summed E-state index contributed by atoms with van der Waals surface area (Å²) in [5.41, 5.74) is -4.78. The molecule has 0 unspecified atom stereocenters. The van der Waals surface area contributed by atoms with Crippen LogP contribution >= 0.6 is 0 Å². The summed E-state index contributed by atoms with van der Waals surface area (Å²) >= 11 is 0. The van der Waals surface area contributed by atoms with Crippen LogP contribution in [0.5, 0.6) is 0 Å². The fourth-order valence-corrected chi connectivity index (χ4v) is 1.47. The minimum atomic E-state index is -4.83. The molecule has 0 radical (unpaired) electrons. The van der Waals surface area contributed by atoms with Crippen molar-refractivity contribution in [3.05, 3.63) is 47.6 Å². The minimum absolute atomic E-state index is 0.413. The molecule has 0 saturated heterocycles. The van der Waals surface area contributed by atoms with E-state index in [1.165, 1.54) is 0 Å². The van der Waals surface area contributed by atoms with Crippen LogP contribution in [0, 0.1) is 0 Å². The molecule has 0 spiro atoms. The lowest BCUT2D eigenvalue weighted by Gasteiger charge is -2.09. The van der Waals surface area contributed by atoms with Crippen LogP contribution in [0.2, 0.25) is 0 Å². The van der Waals surface area contributed by atoms with Crippen molar-refractivity contribution in [1.29, 1.82) is 0 Å². The second kappa shape index (κ2) is 5.78. The summed E-state index contributed by atoms with van der Waals surface area (Å²) in [5.74, 6) is 0. The highest BCUT2D eigenvalue weighted by Gasteiger charge is 2.35. The molecule has 0 bridgehead atoms. The van der Waals surface area contributed by atoms with Crippen molar-refractivity contribution in [1.82, 2.24) is 19.9 Å². The smallest absolute Gasteiger partial charge is 0.410 e. The van der Waals surface area contributed by atoms with Gasteiger partial charge in [-0.05, 0) is 0 Å². The van der Waals surface area contributed by atoms with E-state index in [2.05, 4.69) is 25.1 Å². The second-order valence-corrected chi connectivity index (χ2v) is 4.02. The number of nitrogens with zero attached hydrogens (tertiary/aromatic N) is 5. The SMILES string of the molecule is ON=C(c1cncc(C(F)(F)F)n1)c1cncc(C(F)(F)F)n1. The van der Waals surface area contributed by atoms with Gasteiger partial charge in [0, 0.05) is 0 Å². The first-order valence-electron chi connectivity index (χ1n) is 5.64. The van der Waals surface area contributed by atoms with Crippen molar-refractivity contribution in [2.75, 3.05) is 0 Å². The fraction of sp³-hybridized carbons (Fsp3) is 0.182. The Kier molecular flexibility index (Phi) is 4.16. The van der Waals surface area contributed by atoms with E-state index in [-0.39, 0.29) is 0 Å². The molecule has 6 nitrogen and oxygen atoms in total. The summed E-state index contributed by atoms with van der Waals surface area (Å²) in [6.45, 7) is 0. The lowest BCUT2D eigenvalue weighted by molar-refractivity contribution is -0.142. The number of aromatic nitrogens is 4. The summed E-state index contributed by atoms with van der Waals surface area (Å²) in [6.07, 6.45) is -7.27. The largest absolute Gasteiger partial charge is 0.434 e. The van der Waals surface area contributed by atoms with E-state index in [9.17, 15) is 26.3 Å². The van der Waals surface area contributed by atoms with Crippen LogP contribution in [-0.4, -0.2) is 30.9 Å². The highest BCUT2D eigenvalue weighted by molar-refractivity contribution is 6.09. The first-order valence-corrected chi connectivity index (χ1v) is 5.64. The fourth-order valence-electron chi connectivity index (χ4n) is 1.47. The maximum atomic E-state index is 12.6. The Hall–Kier alpha value is -2.79. The third-order valence-corrected chi connectivity index (χ3v) is 2.44. The number of oxime groups is 1. The molecule has 0 aliphatic heterocycles. The Bertz CT molecular complexity index is 683. The molecule has 0 aliphatic carbocycles. The van der Waals surface area contributed by atoms with Crippen molar-refractivity contribution in [3.8, 4) is 0 Å². The molecule has 0 atom stereocenters. The molecule has 0 aromatic carbocycles. The zero-order valence-corrected chi connectivity index (χ0v) is 10.8. The van der Waals surface area contributed by atoms with Gasteiger partial charge in [0.1, 0.15) is 11.4 Å². The molecular formula is C11H5F6N5O. The van der Waals surface area contributed by atoms with Gasteiger partial charge in [0.25, 0.3) is 0 Å². The van der Waals surface area contributed by atoms with Crippen LogP contribution in [0.15, 0.2) is 29.9 Å². The predicted molar refractivity (Wildman–Crippen MR) is 61.5 cm³/mol. The number of hydrogen-bond acceptors (Lipinski definition) is 6. The predicted octanol–water partition coefficient (Wildman–Crippen LogP) is 2.53. The molecule has 0 amide bonds. The average molecular weight is 337 g/mol. The van der Waals surface area contributed by atoms with Gasteiger partial charge in [-0.1, -0.05) is 5.16 Å². The Morgan fingerprint density at radius 2 is 1.17 bits per heavy atom. The standard InChI is InChI=1S/C11H5F6N5O/c12-10(13,14)7-3-18-1-5(20-7)9(22-23)6-2-19-4-8(21-6)11(15,16)17/h1-4,23H. The number of hydrogen-bond donors (Lipinski definition) is 1. The van der Waals surface area contributed by atoms with Crippen molar-refractivity contribution in [2.24, 2.45) is 5.16 Å². The van der Waals surface area contributed by atoms with Crippen molar-refractivity contribution < 1.29 is 31.5 Å². The van der Waals surface area contributed by atoms with Crippen LogP contribution in [0.25, 0.3) is 0 Å². The van der Waals surface area contributed by atoms with Gasteiger partial charge in [-0.2, -0.15) is 26.3 Å². The molecule has 2 heterocycles. The van der Waals surface area contributed by atoms with E-state index < -0.39 is 40.8 Å². The molecule has 12 heteroatoms. The quantitative estimate of drug-likeness (QED) is 0.394. The van der Waals surface area contributed by atoms with Crippen molar-refractivity contribution in [3.63, 3.8) is 0 Å². The van der Waals surface area contributed by atoms with Gasteiger partial charge in [0.2, 0.25) is 0 Å². The molecule has 1 N–H and O–H groups in total. The number of rotatable bonds is 2. The molecule has 0 aliphatic rings. The maximum absolute atomic E-state index is 12.6. The van der Waals surface area contributed by atoms with Crippen LogP contribution in [0.3, 0.4) is 0 Å². The molecule has 2 aromatic heterocycles. The summed E-state index contributed by atoms with van der Waals surface area (Å²) < 4.78 is 75.5. The zero-order valence-electron chi connectivity index (χ0n) is 10.8. The van der Waals surface area contributed by atoms with Gasteiger partial charge in [0.15, 0.2) is 17.1 Å². The van der Waals surface area contributed by atoms with Crippen LogP contribution in [0.1, 0.15) is 22.8 Å². The average Bonchev–Trinajstić information content (AvgIpc) is 2.47. The van der Waals surface area contributed by atoms with Crippen LogP contribution in [-0.2, 0) is 12.4 Å². The van der Waals surface area contributed by atoms with Gasteiger partial charge in [-0.25, -0.2) is 9.97 Å². The maximum Gasteiger partial charge on any atom is 0.434 e. The molecule has 2 rings (SSSR count). The lowest BCUT2D eigenvalue weighted by atomic mass is 10.2. The molecule has 122 valence electrons. The first-order chi connectivity index (χ1) is 10.6. The molecule has 0 fully saturated rings. The van der Waals surface area contributed by atoms with Gasteiger partial charge in [-0.3, -0.25) is 9.97 Å². The molecule has 0 saturated carbocycles. The highest BCUT2D eigenvalue weighted by Crippen LogP contribution is 2.28. The van der Waals surface area contributed by atoms with Gasteiger partial charge in [0.05, 0.1) is 24.8 Å². The third kappa shape index (κ3) is 3.70. The minimum Gasteiger partial charge on any atom is -0.410 e. The van der Waals surface area contributed by atoms with Crippen LogP contribution in [0.4, 0.5) is 26.3 Å². The first kappa shape index (κ1) is 16.6. The highest BCUT2D eigenvalue weighted by atomic mass is 19.4. The van der Waals surface area contributed by atoms with Crippen molar-refractivity contribution >= 4 is 5.71 Å². The Balaban J connectivity index is 2.50. The normalized spacial score (nSPS) is 12.1. The summed E-state index contributed by atoms with van der Waals surface area (Å²) in [7, 11) is 0. The van der Waals surface area contributed by atoms with Crippen LogP contribution < -0.4 is 0 Å². The van der Waals surface area contributed by atoms with E-state index in [0.717, 1.165) is 12.4 Å². The Morgan fingerprint density at radius 1 is 0.783 bits per heavy atom. The van der Waals surface area contributed by atoms with Gasteiger partial charge < -0.3 is 5.21 Å². The van der Waals surface area contributed by atoms with Gasteiger partial charge >= 0.3 is 12.4 Å². The summed E-state index contributed by atoms with van der Waals surface area (Å²) in [4.78, 5) is 12.9. The number of alkyl halides is 6.